The number of sulfonamides is 2. The molecule has 38 heteroatoms. The van der Waals surface area contributed by atoms with Crippen molar-refractivity contribution in [3.63, 3.8) is 0 Å². The predicted octanol–water partition coefficient (Wildman–Crippen LogP) is -5.82. The number of hydrogen-bond donors (Lipinski definition) is 4. The second-order valence-corrected chi connectivity index (χ2v) is 23.9. The molecule has 5 N–H and O–H groups in total. The van der Waals surface area contributed by atoms with Crippen molar-refractivity contribution < 1.29 is 129 Å². The summed E-state index contributed by atoms with van der Waals surface area (Å²) in [5.74, 6) is 3.19. The van der Waals surface area contributed by atoms with Crippen molar-refractivity contribution in [2.75, 3.05) is 61.5 Å². The zero-order valence-electron chi connectivity index (χ0n) is 46.5. The van der Waals surface area contributed by atoms with Crippen LogP contribution in [0.4, 0.5) is 23.3 Å². The van der Waals surface area contributed by atoms with Gasteiger partial charge in [0.25, 0.3) is 0 Å². The number of fused-ring (bicyclic) bond motifs is 20. The Morgan fingerprint density at radius 2 is 1.00 bits per heavy atom. The first-order valence-electron chi connectivity index (χ1n) is 23.1. The number of aromatic nitrogens is 11. The average Bonchev–Trinajstić information content (AvgIpc) is 1.69. The molecule has 2 aliphatic rings. The Morgan fingerprint density at radius 1 is 0.598 bits per heavy atom. The van der Waals surface area contributed by atoms with Crippen molar-refractivity contribution in [3.05, 3.63) is 122 Å². The third kappa shape index (κ3) is 22.5. The molecule has 445 valence electrons. The Balaban J connectivity index is 0.000000483. The van der Waals surface area contributed by atoms with Crippen LogP contribution in [0, 0.1) is 6.07 Å². The molecule has 0 amide bonds. The van der Waals surface area contributed by atoms with Gasteiger partial charge in [-0.1, -0.05) is 90.8 Å². The van der Waals surface area contributed by atoms with Gasteiger partial charge < -0.3 is 54.5 Å². The summed E-state index contributed by atoms with van der Waals surface area (Å²) in [6.45, 7) is 0.397. The van der Waals surface area contributed by atoms with Crippen LogP contribution >= 0.6 is 0 Å². The van der Waals surface area contributed by atoms with Crippen LogP contribution in [0.25, 0.3) is 89.7 Å². The SMILES string of the molecule is C.CN(C)c1cc(Nc2[c-]ccc(S(=O)(=O)[O-])c2)nc(NCCNS(C)(=O)=O)n1.CS(=O)(=O)[O-].CS(N)(=O)=O.O=S(=O)=O.[Cu+2].[Li+].[Li+].[Li+].c1ccc2c(c1)-c1nc-2nc2[n-]c(nc3nc(nc4[n-]c(n1)c1ccccc41)-c1ccncc1-3)c1ccccc21. The first kappa shape index (κ1) is 76.5. The third-order valence-corrected chi connectivity index (χ3v) is 12.1. The molecule has 1 radical (unpaired) electrons. The maximum Gasteiger partial charge on any atom is 2.00 e. The number of pyridine rings is 1. The van der Waals surface area contributed by atoms with Gasteiger partial charge >= 0.3 is 84.3 Å². The molecule has 7 heterocycles. The van der Waals surface area contributed by atoms with Crippen LogP contribution in [0.2, 0.25) is 0 Å². The summed E-state index contributed by atoms with van der Waals surface area (Å²) in [7, 11) is -14.5. The van der Waals surface area contributed by atoms with Crippen LogP contribution in [-0.2, 0) is 68.0 Å². The van der Waals surface area contributed by atoms with E-state index in [4.69, 9.17) is 65.5 Å². The van der Waals surface area contributed by atoms with Crippen LogP contribution in [0.1, 0.15) is 7.43 Å². The fourth-order valence-corrected chi connectivity index (χ4v) is 8.35. The smallest absolute Gasteiger partial charge is 0.748 e. The van der Waals surface area contributed by atoms with Crippen LogP contribution < -0.4 is 91.9 Å². The van der Waals surface area contributed by atoms with Crippen LogP contribution in [0.5, 0.6) is 0 Å². The molecule has 0 spiro atoms. The number of nitrogens with zero attached hydrogens (tertiary/aromatic N) is 12. The first-order chi connectivity index (χ1) is 38.5. The molecule has 5 aromatic heterocycles. The molecule has 0 fully saturated rings. The summed E-state index contributed by atoms with van der Waals surface area (Å²) in [6.07, 6.45) is 6.08. The van der Waals surface area contributed by atoms with Gasteiger partial charge in [-0.25, -0.2) is 53.5 Å². The second-order valence-electron chi connectivity index (χ2n) is 17.2. The van der Waals surface area contributed by atoms with E-state index >= 15 is 0 Å². The van der Waals surface area contributed by atoms with Gasteiger partial charge in [-0.2, -0.15) is 28.2 Å². The summed E-state index contributed by atoms with van der Waals surface area (Å²) >= 11 is 0. The number of nitrogens with one attached hydrogen (secondary N) is 3. The molecule has 8 bridgehead atoms. The average molecular weight is 1310 g/mol. The molecule has 9 aromatic rings. The molecule has 4 aromatic carbocycles. The molecule has 0 saturated heterocycles. The Kier molecular flexibility index (Phi) is 28.7. The van der Waals surface area contributed by atoms with Gasteiger partial charge in [0.1, 0.15) is 21.8 Å². The topological polar surface area (TPSA) is 443 Å². The predicted molar refractivity (Wildman–Crippen MR) is 307 cm³/mol. The number of anilines is 4. The van der Waals surface area contributed by atoms with Crippen molar-refractivity contribution in [3.8, 4) is 45.6 Å². The molecule has 11 rings (SSSR count). The van der Waals surface area contributed by atoms with E-state index < -0.39 is 50.9 Å². The first-order valence-corrected chi connectivity index (χ1v) is 31.1. The van der Waals surface area contributed by atoms with Crippen LogP contribution in [-0.4, -0.2) is 146 Å². The fourth-order valence-electron chi connectivity index (χ4n) is 7.38. The quantitative estimate of drug-likeness (QED) is 0.0453. The van der Waals surface area contributed by atoms with Gasteiger partial charge in [0.2, 0.25) is 26.0 Å². The van der Waals surface area contributed by atoms with Gasteiger partial charge in [-0.3, -0.25) is 4.98 Å². The van der Waals surface area contributed by atoms with Crippen LogP contribution in [0.3, 0.4) is 0 Å². The van der Waals surface area contributed by atoms with Gasteiger partial charge in [0.05, 0.1) is 45.9 Å². The van der Waals surface area contributed by atoms with Crippen molar-refractivity contribution in [1.29, 1.82) is 0 Å². The largest absolute Gasteiger partial charge is 2.00 e. The van der Waals surface area contributed by atoms with E-state index in [1.54, 1.807) is 37.5 Å². The third-order valence-electron chi connectivity index (χ3n) is 10.5. The summed E-state index contributed by atoms with van der Waals surface area (Å²) in [5, 5.41) is 13.6. The summed E-state index contributed by atoms with van der Waals surface area (Å²) in [5.41, 5.74) is 5.76. The van der Waals surface area contributed by atoms with Crippen molar-refractivity contribution >= 4 is 118 Å². The van der Waals surface area contributed by atoms with E-state index in [9.17, 15) is 29.8 Å². The molecule has 0 saturated carbocycles. The van der Waals surface area contributed by atoms with Gasteiger partial charge in [0, 0.05) is 96.7 Å². The zero-order valence-corrected chi connectivity index (χ0v) is 51.5. The minimum Gasteiger partial charge on any atom is -0.748 e. The number of primary sulfonamides is 1. The number of hydrogen-bond acceptors (Lipinski definition) is 25. The zero-order chi connectivity index (χ0) is 59.7. The van der Waals surface area contributed by atoms with Gasteiger partial charge in [-0.05, 0) is 27.6 Å². The maximum atomic E-state index is 11.2. The van der Waals surface area contributed by atoms with E-state index in [0.29, 0.717) is 63.8 Å². The Hall–Kier alpha value is -6.56. The monoisotopic (exact) mass is 1310 g/mol. The molecule has 0 atom stereocenters. The van der Waals surface area contributed by atoms with E-state index in [1.807, 2.05) is 78.9 Å². The van der Waals surface area contributed by atoms with Gasteiger partial charge in [-0.15, -0.1) is 18.7 Å². The number of benzene rings is 4. The van der Waals surface area contributed by atoms with Crippen molar-refractivity contribution in [1.82, 2.24) is 59.5 Å². The van der Waals surface area contributed by atoms with E-state index in [1.165, 1.54) is 6.07 Å². The standard InChI is InChI=1S/C31H15N9.C15H21N6O5S2.CH5NO2S.CH4O3S.CH4.Cu.3Li.O3S/c1-2-8-17-16(7-1)24-33-25(17)35-27-20-11-5-6-12-21(20)29(37-27)39-31-23-15-32-14-13-22(23)30(40-31)38-28-19-10-4-3-9-18(19)26(34-24)36-28;1-21(2)14-10-13(18-11-5-4-6-12(9-11)28(24,25)26)19-15(20-14)16-7-8-17-27(3,22)23;2*1-5(2,3)4;;;;;;1-4(2)3/h1-15H;4,6,9-10,17H,7-8H2,1-3H3,(H,24,25,26)(H2,16,18,19,20);1H3,(H2,2,3,4);1H3,(H,2,3,4);1H4;;;;;/q-2;-1;;;;+2;3*+1;/p-2. The van der Waals surface area contributed by atoms with E-state index in [2.05, 4.69) is 41.5 Å². The molecule has 0 unspecified atom stereocenters. The second kappa shape index (κ2) is 32.6. The minimum absolute atomic E-state index is 0. The molecular formula is C49H47CuLi3N16O13S5. The Labute approximate surface area is 548 Å². The molecule has 29 nitrogen and oxygen atoms in total. The van der Waals surface area contributed by atoms with Gasteiger partial charge in [0.15, 0.2) is 0 Å². The summed E-state index contributed by atoms with van der Waals surface area (Å²) < 4.78 is 129. The van der Waals surface area contributed by atoms with Crippen LogP contribution in [0.15, 0.2) is 120 Å². The van der Waals surface area contributed by atoms with E-state index in [0.717, 1.165) is 68.4 Å². The Morgan fingerprint density at radius 3 is 1.40 bits per heavy atom. The summed E-state index contributed by atoms with van der Waals surface area (Å²) in [6, 6.07) is 33.7. The molecular weight excluding hydrogens is 1270 g/mol. The normalized spacial score (nSPS) is 10.9. The molecule has 2 aliphatic heterocycles. The number of rotatable bonds is 9. The van der Waals surface area contributed by atoms with Crippen molar-refractivity contribution in [2.24, 2.45) is 5.14 Å². The molecule has 0 aliphatic carbocycles. The fraction of sp³-hybridized carbons (Fsp3) is 0.163. The summed E-state index contributed by atoms with van der Waals surface area (Å²) in [4.78, 5) is 53.3. The van der Waals surface area contributed by atoms with Crippen molar-refractivity contribution in [2.45, 2.75) is 12.3 Å². The minimum atomic E-state index is -4.59. The maximum absolute atomic E-state index is 11.2. The van der Waals surface area contributed by atoms with E-state index in [-0.39, 0.29) is 111 Å². The molecule has 87 heavy (non-hydrogen) atoms. The Bertz CT molecular complexity index is 4320. The number of nitrogens with two attached hydrogens (primary N) is 1.